The SMILES string of the molecule is CC(C)C1c2ccccc2Oc2ccccc21.CC(C)C1c2ccccc2Sc2ccccc21.CC(C)C1c2ccccc2[Si](C)(C)c2ccccc21.CC(C)C1c2ccccc2[Si]2(CCCC2)c2ccccc21.CC(C)C1c2ccccc2[Si]2(Cc3ccccc3C2)c2ccccc21. The van der Waals surface area contributed by atoms with Gasteiger partial charge in [-0.15, -0.1) is 0 Å². The van der Waals surface area contributed by atoms with Gasteiger partial charge in [-0.25, -0.2) is 0 Å². The maximum Gasteiger partial charge on any atom is 0.131 e. The van der Waals surface area contributed by atoms with Crippen molar-refractivity contribution in [3.63, 3.8) is 0 Å². The van der Waals surface area contributed by atoms with Crippen molar-refractivity contribution in [1.82, 2.24) is 0 Å². The predicted molar refractivity (Wildman–Crippen MR) is 432 cm³/mol. The normalized spacial score (nSPS) is 17.9. The number of rotatable bonds is 5. The first-order valence-electron chi connectivity index (χ1n) is 37.4. The second kappa shape index (κ2) is 28.7. The Balaban J connectivity index is 0.000000106. The Morgan fingerprint density at radius 1 is 0.273 bits per heavy atom. The van der Waals surface area contributed by atoms with Gasteiger partial charge in [0.25, 0.3) is 0 Å². The van der Waals surface area contributed by atoms with E-state index >= 15 is 0 Å². The molecule has 7 aliphatic heterocycles. The smallest absolute Gasteiger partial charge is 0.131 e. The van der Waals surface area contributed by atoms with Crippen LogP contribution in [-0.4, -0.2) is 24.2 Å². The Hall–Kier alpha value is -7.78. The van der Waals surface area contributed by atoms with Crippen molar-refractivity contribution in [2.45, 2.75) is 159 Å². The maximum atomic E-state index is 5.96. The van der Waals surface area contributed by atoms with E-state index in [-0.39, 0.29) is 0 Å². The molecular weight excluding hydrogens is 1260 g/mol. The Kier molecular flexibility index (Phi) is 19.8. The number of hydrogen-bond donors (Lipinski definition) is 0. The monoisotopic (exact) mass is 1360 g/mol. The highest BCUT2D eigenvalue weighted by Crippen LogP contribution is 2.50. The van der Waals surface area contributed by atoms with Crippen LogP contribution in [0.3, 0.4) is 0 Å². The van der Waals surface area contributed by atoms with E-state index in [1.165, 1.54) is 69.1 Å². The van der Waals surface area contributed by atoms with Gasteiger partial charge >= 0.3 is 0 Å². The molecule has 5 heteroatoms. The van der Waals surface area contributed by atoms with Crippen molar-refractivity contribution in [2.24, 2.45) is 29.6 Å². The van der Waals surface area contributed by atoms with Gasteiger partial charge < -0.3 is 4.74 Å². The lowest BCUT2D eigenvalue weighted by atomic mass is 9.80. The third-order valence-corrected chi connectivity index (χ3v) is 38.6. The Bertz CT molecular complexity index is 4310. The molecule has 0 amide bonds. The lowest BCUT2D eigenvalue weighted by molar-refractivity contribution is 0.419. The van der Waals surface area contributed by atoms with Crippen LogP contribution in [0.15, 0.2) is 277 Å². The van der Waals surface area contributed by atoms with Gasteiger partial charge in [0.2, 0.25) is 0 Å². The van der Waals surface area contributed by atoms with E-state index in [0.717, 1.165) is 11.5 Å². The summed E-state index contributed by atoms with van der Waals surface area (Å²) in [5.74, 6) is 7.83. The van der Waals surface area contributed by atoms with Crippen LogP contribution >= 0.6 is 11.8 Å². The molecule has 0 aliphatic carbocycles. The fraction of sp³-hybridized carbons (Fsp3) is 0.298. The third-order valence-electron chi connectivity index (χ3n) is 23.5. The summed E-state index contributed by atoms with van der Waals surface area (Å²) in [5.41, 5.74) is 18.4. The zero-order chi connectivity index (χ0) is 68.7. The molecule has 0 aromatic heterocycles. The van der Waals surface area contributed by atoms with Crippen molar-refractivity contribution in [3.8, 4) is 11.5 Å². The molecule has 502 valence electrons. The van der Waals surface area contributed by atoms with Crippen molar-refractivity contribution in [3.05, 3.63) is 334 Å². The minimum Gasteiger partial charge on any atom is -0.457 e. The van der Waals surface area contributed by atoms with Crippen molar-refractivity contribution in [1.29, 1.82) is 0 Å². The third kappa shape index (κ3) is 12.6. The van der Waals surface area contributed by atoms with Gasteiger partial charge in [0.1, 0.15) is 35.7 Å². The zero-order valence-corrected chi connectivity index (χ0v) is 64.6. The minimum atomic E-state index is -1.75. The van der Waals surface area contributed by atoms with Crippen LogP contribution in [0.1, 0.15) is 178 Å². The standard InChI is InChI=1S/C24H24Si.C20H24Si.C18H22Si.C16H16O.C16H16S/c1-17(2)24-20-11-5-7-13-22(20)25(23-14-8-6-12-21(23)24)15-18-9-3-4-10-19(18)16-25;1-15(2)20-16-9-3-5-11-18(16)21(13-7-8-14-21)19-12-6-4-10-17(19)20;1-13(2)18-14-9-5-7-11-16(14)19(3,4)17-12-8-6-10-15(17)18;2*1-11(2)16-12-7-3-5-9-14(12)17-15-10-6-4-8-13(15)16/h3-14,17,24H,15-16H2,1-2H3;3-6,9-12,15,20H,7-8,13-14H2,1-2H3;5-13,18H,1-4H3;2*3-11,16H,1-2H3. The number of ether oxygens (including phenoxy) is 1. The average Bonchev–Trinajstić information content (AvgIpc) is 1.66. The van der Waals surface area contributed by atoms with E-state index in [1.807, 2.05) is 23.9 Å². The fourth-order valence-electron chi connectivity index (χ4n) is 19.4. The summed E-state index contributed by atoms with van der Waals surface area (Å²) in [5, 5.41) is 10.2. The molecule has 11 aromatic rings. The van der Waals surface area contributed by atoms with Gasteiger partial charge in [-0.1, -0.05) is 370 Å². The summed E-state index contributed by atoms with van der Waals surface area (Å²) in [6, 6.07) is 105. The second-order valence-corrected chi connectivity index (χ2v) is 45.2. The van der Waals surface area contributed by atoms with E-state index in [4.69, 9.17) is 4.74 Å². The van der Waals surface area contributed by atoms with Crippen LogP contribution in [0.4, 0.5) is 0 Å². The van der Waals surface area contributed by atoms with Gasteiger partial charge in [0, 0.05) is 50.5 Å². The van der Waals surface area contributed by atoms with Gasteiger partial charge in [-0.3, -0.25) is 0 Å². The first kappa shape index (κ1) is 68.4. The molecule has 1 fully saturated rings. The van der Waals surface area contributed by atoms with Crippen LogP contribution in [0.25, 0.3) is 0 Å². The number of para-hydroxylation sites is 2. The Morgan fingerprint density at radius 3 is 0.859 bits per heavy atom. The fourth-order valence-corrected chi connectivity index (χ4v) is 35.1. The van der Waals surface area contributed by atoms with Crippen LogP contribution in [0, 0.1) is 29.6 Å². The van der Waals surface area contributed by atoms with E-state index in [2.05, 4.69) is 337 Å². The van der Waals surface area contributed by atoms with Gasteiger partial charge in [-0.05, 0) is 144 Å². The Labute approximate surface area is 601 Å². The molecule has 7 aliphatic rings. The van der Waals surface area contributed by atoms with Gasteiger partial charge in [0.15, 0.2) is 0 Å². The summed E-state index contributed by atoms with van der Waals surface area (Å²) in [6.45, 7) is 28.3. The number of benzene rings is 11. The molecule has 0 unspecified atom stereocenters. The molecule has 0 saturated carbocycles. The van der Waals surface area contributed by atoms with Crippen LogP contribution in [0.2, 0.25) is 25.2 Å². The maximum absolute atomic E-state index is 5.96. The highest BCUT2D eigenvalue weighted by Gasteiger charge is 2.50. The minimum absolute atomic E-state index is 0.441. The van der Waals surface area contributed by atoms with E-state index in [9.17, 15) is 0 Å². The molecule has 0 bridgehead atoms. The zero-order valence-electron chi connectivity index (χ0n) is 60.7. The molecule has 99 heavy (non-hydrogen) atoms. The van der Waals surface area contributed by atoms with Gasteiger partial charge in [0.05, 0.1) is 0 Å². The topological polar surface area (TPSA) is 9.23 Å². The molecular formula is C94H102OSSi3. The summed E-state index contributed by atoms with van der Waals surface area (Å²) in [4.78, 5) is 2.84. The summed E-state index contributed by atoms with van der Waals surface area (Å²) < 4.78 is 5.96. The van der Waals surface area contributed by atoms with E-state index in [0.29, 0.717) is 59.2 Å². The second-order valence-electron chi connectivity index (χ2n) is 31.6. The molecule has 18 rings (SSSR count). The van der Waals surface area contributed by atoms with E-state index < -0.39 is 24.2 Å². The predicted octanol–water partition coefficient (Wildman–Crippen LogP) is 21.5. The van der Waals surface area contributed by atoms with Crippen LogP contribution < -0.4 is 35.9 Å². The van der Waals surface area contributed by atoms with Crippen LogP contribution in [0.5, 0.6) is 11.5 Å². The average molecular weight is 1360 g/mol. The molecule has 1 saturated heterocycles. The summed E-state index contributed by atoms with van der Waals surface area (Å²) >= 11 is 1.90. The summed E-state index contributed by atoms with van der Waals surface area (Å²) in [7, 11) is -4.72. The Morgan fingerprint density at radius 2 is 0.515 bits per heavy atom. The molecule has 2 spiro atoms. The molecule has 0 N–H and O–H groups in total. The summed E-state index contributed by atoms with van der Waals surface area (Å²) in [6.07, 6.45) is 2.86. The molecule has 0 atom stereocenters. The first-order chi connectivity index (χ1) is 48.0. The molecule has 0 radical (unpaired) electrons. The van der Waals surface area contributed by atoms with Crippen LogP contribution in [-0.2, 0) is 12.1 Å². The highest BCUT2D eigenvalue weighted by atomic mass is 32.2. The van der Waals surface area contributed by atoms with Crippen molar-refractivity contribution in [2.75, 3.05) is 0 Å². The molecule has 1 nitrogen and oxygen atoms in total. The lowest BCUT2D eigenvalue weighted by Crippen LogP contribution is -2.65. The largest absolute Gasteiger partial charge is 0.457 e. The number of hydrogen-bond acceptors (Lipinski definition) is 2. The van der Waals surface area contributed by atoms with Gasteiger partial charge in [-0.2, -0.15) is 0 Å². The van der Waals surface area contributed by atoms with E-state index in [1.54, 1.807) is 75.6 Å². The quantitative estimate of drug-likeness (QED) is 0.159. The molecule has 7 heterocycles. The lowest BCUT2D eigenvalue weighted by Gasteiger charge is -2.41. The molecule has 11 aromatic carbocycles. The van der Waals surface area contributed by atoms with Crippen molar-refractivity contribution >= 4 is 67.1 Å². The highest BCUT2D eigenvalue weighted by molar-refractivity contribution is 7.99. The first-order valence-corrected chi connectivity index (χ1v) is 46.0. The van der Waals surface area contributed by atoms with Crippen molar-refractivity contribution < 1.29 is 4.74 Å². The number of fused-ring (bicyclic) bond motifs is 15.